The number of carbonyl (C=O) groups is 1. The molecule has 1 aromatic heterocycles. The maximum absolute atomic E-state index is 12.6. The first-order valence-corrected chi connectivity index (χ1v) is 10.2. The van der Waals surface area contributed by atoms with E-state index >= 15 is 0 Å². The van der Waals surface area contributed by atoms with Crippen molar-refractivity contribution >= 4 is 16.2 Å². The van der Waals surface area contributed by atoms with Gasteiger partial charge in [0, 0.05) is 18.2 Å². The zero-order valence-corrected chi connectivity index (χ0v) is 19.8. The van der Waals surface area contributed by atoms with Crippen LogP contribution in [0.15, 0.2) is 17.2 Å². The quantitative estimate of drug-likeness (QED) is 0.519. The van der Waals surface area contributed by atoms with Crippen LogP contribution in [0.2, 0.25) is 0 Å². The number of hydrogen-bond donors (Lipinski definition) is 0. The first-order chi connectivity index (χ1) is 11.9. The topological polar surface area (TPSA) is 99.6 Å². The third-order valence-corrected chi connectivity index (χ3v) is 4.95. The number of amides is 1. The average molecular weight is 406 g/mol. The largest absolute Gasteiger partial charge is 1.00 e. The van der Waals surface area contributed by atoms with Gasteiger partial charge in [0.15, 0.2) is 0 Å². The Bertz CT molecular complexity index is 774. The maximum atomic E-state index is 12.6. The average Bonchev–Trinajstić information content (AvgIpc) is 2.48. The summed E-state index contributed by atoms with van der Waals surface area (Å²) in [5.74, 6) is 0.471. The fourth-order valence-corrected chi connectivity index (χ4v) is 3.39. The number of rotatable bonds is 4. The van der Waals surface area contributed by atoms with Crippen molar-refractivity contribution in [3.8, 4) is 0 Å². The number of nitrogens with zero attached hydrogens (tertiary/aromatic N) is 2. The van der Waals surface area contributed by atoms with Gasteiger partial charge in [-0.15, -0.1) is 0 Å². The Morgan fingerprint density at radius 1 is 1.37 bits per heavy atom. The number of hydrogen-bond acceptors (Lipinski definition) is 6. The zero-order valence-electron chi connectivity index (χ0n) is 17.0. The van der Waals surface area contributed by atoms with Crippen molar-refractivity contribution in [1.82, 2.24) is 9.88 Å². The van der Waals surface area contributed by atoms with E-state index in [4.69, 9.17) is 4.74 Å². The molecule has 0 fully saturated rings. The van der Waals surface area contributed by atoms with Crippen LogP contribution in [0.4, 0.5) is 4.79 Å². The Labute approximate surface area is 183 Å². The SMILES string of the molecule is CC(C)CCC1Cc2nc(S(=O)(=O)[O-])ccc2CN1C(=O)OC(C)(C)C.[Na+]. The molecule has 1 atom stereocenters. The second-order valence-corrected chi connectivity index (χ2v) is 9.47. The minimum Gasteiger partial charge on any atom is -0.743 e. The van der Waals surface area contributed by atoms with E-state index in [2.05, 4.69) is 18.8 Å². The summed E-state index contributed by atoms with van der Waals surface area (Å²) in [7, 11) is -4.60. The van der Waals surface area contributed by atoms with Crippen LogP contribution in [0.25, 0.3) is 0 Å². The van der Waals surface area contributed by atoms with Crippen molar-refractivity contribution in [3.05, 3.63) is 23.4 Å². The van der Waals surface area contributed by atoms with E-state index in [9.17, 15) is 17.8 Å². The van der Waals surface area contributed by atoms with Gasteiger partial charge < -0.3 is 14.2 Å². The molecule has 146 valence electrons. The molecule has 0 saturated heterocycles. The molecule has 0 bridgehead atoms. The maximum Gasteiger partial charge on any atom is 1.00 e. The molecule has 2 rings (SSSR count). The molecule has 0 N–H and O–H groups in total. The van der Waals surface area contributed by atoms with Crippen LogP contribution in [0.1, 0.15) is 58.7 Å². The first kappa shape index (κ1) is 24.4. The fourth-order valence-electron chi connectivity index (χ4n) is 2.93. The monoisotopic (exact) mass is 406 g/mol. The smallest absolute Gasteiger partial charge is 0.743 e. The molecular weight excluding hydrogens is 379 g/mol. The Balaban J connectivity index is 0.00000364. The summed E-state index contributed by atoms with van der Waals surface area (Å²) in [6.07, 6.45) is 1.69. The van der Waals surface area contributed by atoms with E-state index in [1.807, 2.05) is 20.8 Å². The molecule has 0 aliphatic carbocycles. The van der Waals surface area contributed by atoms with E-state index in [0.717, 1.165) is 18.4 Å². The van der Waals surface area contributed by atoms with E-state index in [0.29, 0.717) is 24.6 Å². The molecule has 7 nitrogen and oxygen atoms in total. The predicted octanol–water partition coefficient (Wildman–Crippen LogP) is 0.0877. The molecule has 2 heterocycles. The Morgan fingerprint density at radius 2 is 2.00 bits per heavy atom. The van der Waals surface area contributed by atoms with E-state index in [-0.39, 0.29) is 35.6 Å². The molecule has 1 aromatic rings. The van der Waals surface area contributed by atoms with E-state index in [1.54, 1.807) is 11.0 Å². The number of ether oxygens (including phenoxy) is 1. The molecule has 1 unspecified atom stereocenters. The van der Waals surface area contributed by atoms with Gasteiger partial charge >= 0.3 is 35.7 Å². The van der Waals surface area contributed by atoms with Crippen molar-refractivity contribution in [2.24, 2.45) is 5.92 Å². The van der Waals surface area contributed by atoms with Crippen molar-refractivity contribution in [3.63, 3.8) is 0 Å². The molecule has 0 aromatic carbocycles. The van der Waals surface area contributed by atoms with Crippen LogP contribution >= 0.6 is 0 Å². The van der Waals surface area contributed by atoms with Gasteiger partial charge in [0.25, 0.3) is 0 Å². The van der Waals surface area contributed by atoms with Crippen LogP contribution in [0, 0.1) is 5.92 Å². The van der Waals surface area contributed by atoms with Crippen LogP contribution in [-0.2, 0) is 27.8 Å². The van der Waals surface area contributed by atoms with Crippen LogP contribution < -0.4 is 29.6 Å². The number of carbonyl (C=O) groups excluding carboxylic acids is 1. The third-order valence-electron chi connectivity index (χ3n) is 4.21. The summed E-state index contributed by atoms with van der Waals surface area (Å²) >= 11 is 0. The van der Waals surface area contributed by atoms with Crippen LogP contribution in [0.3, 0.4) is 0 Å². The normalized spacial score (nSPS) is 17.3. The van der Waals surface area contributed by atoms with Gasteiger partial charge in [-0.25, -0.2) is 18.2 Å². The first-order valence-electron chi connectivity index (χ1n) is 8.81. The van der Waals surface area contributed by atoms with Gasteiger partial charge in [-0.3, -0.25) is 0 Å². The molecule has 27 heavy (non-hydrogen) atoms. The second kappa shape index (κ2) is 9.22. The van der Waals surface area contributed by atoms with Gasteiger partial charge in [-0.2, -0.15) is 0 Å². The Kier molecular flexibility index (Phi) is 8.32. The van der Waals surface area contributed by atoms with Gasteiger partial charge in [-0.1, -0.05) is 19.9 Å². The fraction of sp³-hybridized carbons (Fsp3) is 0.667. The van der Waals surface area contributed by atoms with E-state index < -0.39 is 26.8 Å². The predicted molar refractivity (Wildman–Crippen MR) is 95.5 cm³/mol. The summed E-state index contributed by atoms with van der Waals surface area (Å²) < 4.78 is 39.3. The second-order valence-electron chi connectivity index (χ2n) is 8.15. The number of aromatic nitrogens is 1. The molecule has 1 amide bonds. The molecule has 0 saturated carbocycles. The van der Waals surface area contributed by atoms with Crippen molar-refractivity contribution in [1.29, 1.82) is 0 Å². The molecule has 9 heteroatoms. The summed E-state index contributed by atoms with van der Waals surface area (Å²) in [5, 5.41) is -0.468. The van der Waals surface area contributed by atoms with Crippen molar-refractivity contribution < 1.29 is 52.1 Å². The standard InChI is InChI=1S/C18H28N2O5S.Na/c1-12(2)6-8-14-10-15-13(7-9-16(19-15)26(22,23)24)11-20(14)17(21)25-18(3,4)5;/h7,9,12,14H,6,8,10-11H2,1-5H3,(H,22,23,24);/q;+1/p-1. The Morgan fingerprint density at radius 3 is 2.52 bits per heavy atom. The summed E-state index contributed by atoms with van der Waals surface area (Å²) in [5.41, 5.74) is 0.707. The molecule has 0 spiro atoms. The Hall–Kier alpha value is -0.670. The van der Waals surface area contributed by atoms with Gasteiger partial charge in [0.1, 0.15) is 20.7 Å². The van der Waals surface area contributed by atoms with Crippen LogP contribution in [0.5, 0.6) is 0 Å². The third kappa shape index (κ3) is 7.02. The van der Waals surface area contributed by atoms with E-state index in [1.165, 1.54) is 6.07 Å². The summed E-state index contributed by atoms with van der Waals surface area (Å²) in [4.78, 5) is 18.4. The molecule has 1 aliphatic heterocycles. The summed E-state index contributed by atoms with van der Waals surface area (Å²) in [6, 6.07) is 2.61. The van der Waals surface area contributed by atoms with Gasteiger partial charge in [-0.05, 0) is 51.2 Å². The molecular formula is C18H27N2NaO5S. The van der Waals surface area contributed by atoms with Gasteiger partial charge in [0.2, 0.25) is 0 Å². The van der Waals surface area contributed by atoms with Crippen molar-refractivity contribution in [2.75, 3.05) is 0 Å². The summed E-state index contributed by atoms with van der Waals surface area (Å²) in [6.45, 7) is 9.96. The molecule has 1 aliphatic rings. The minimum atomic E-state index is -4.60. The zero-order chi connectivity index (χ0) is 19.7. The van der Waals surface area contributed by atoms with Crippen LogP contribution in [-0.4, -0.2) is 40.6 Å². The minimum absolute atomic E-state index is 0. The van der Waals surface area contributed by atoms with Crippen molar-refractivity contribution in [2.45, 2.75) is 77.1 Å². The molecule has 0 radical (unpaired) electrons. The number of pyridine rings is 1. The number of fused-ring (bicyclic) bond motifs is 1. The van der Waals surface area contributed by atoms with Gasteiger partial charge in [0.05, 0.1) is 6.54 Å².